The van der Waals surface area contributed by atoms with Gasteiger partial charge in [0.1, 0.15) is 11.6 Å². The molecule has 1 aromatic heterocycles. The van der Waals surface area contributed by atoms with Gasteiger partial charge in [0.05, 0.1) is 50.1 Å². The van der Waals surface area contributed by atoms with E-state index in [0.29, 0.717) is 69.5 Å². The molecule has 1 saturated heterocycles. The van der Waals surface area contributed by atoms with Crippen LogP contribution in [0.3, 0.4) is 0 Å². The zero-order chi connectivity index (χ0) is 29.9. The monoisotopic (exact) mass is 588 g/mol. The molecule has 224 valence electrons. The molecule has 2 aromatic carbocycles. The largest absolute Gasteiger partial charge is 0.463 e. The number of fused-ring (bicyclic) bond motifs is 2. The van der Waals surface area contributed by atoms with Gasteiger partial charge in [-0.25, -0.2) is 8.78 Å². The van der Waals surface area contributed by atoms with Gasteiger partial charge in [-0.3, -0.25) is 4.79 Å². The predicted molar refractivity (Wildman–Crippen MR) is 158 cm³/mol. The maximum Gasteiger partial charge on any atom is 0.318 e. The van der Waals surface area contributed by atoms with Crippen LogP contribution in [0.15, 0.2) is 48.8 Å². The van der Waals surface area contributed by atoms with Gasteiger partial charge in [-0.05, 0) is 36.8 Å². The minimum atomic E-state index is -1.04. The molecule has 3 aliphatic rings. The van der Waals surface area contributed by atoms with E-state index in [2.05, 4.69) is 17.5 Å². The van der Waals surface area contributed by atoms with Crippen LogP contribution in [-0.2, 0) is 22.5 Å². The number of amides is 1. The standard InChI is InChI=1S/C32H34F2N6O3/c1-21(33)31(41)40-16-15-39(19-23(40)11-13-35)30-25-12-14-38(28-8-3-6-22-5-2-7-26(34)29(22)28)20-27(25)36-32(37-30)43-18-4-17-42-24-9-10-24/h2-3,5-8,23-24H,1,4,9-12,14-20H2/t23-/m0/s1. The Hall–Kier alpha value is -4.30. The van der Waals surface area contributed by atoms with E-state index in [1.54, 1.807) is 6.07 Å². The molecule has 3 aromatic rings. The smallest absolute Gasteiger partial charge is 0.318 e. The van der Waals surface area contributed by atoms with Crippen LogP contribution in [0, 0.1) is 17.1 Å². The van der Waals surface area contributed by atoms with Crippen molar-refractivity contribution in [3.8, 4) is 12.1 Å². The molecule has 6 rings (SSSR count). The number of carbonyl (C=O) groups excluding carboxylic acids is 1. The molecule has 1 saturated carbocycles. The van der Waals surface area contributed by atoms with Gasteiger partial charge in [0.25, 0.3) is 5.91 Å². The average Bonchev–Trinajstić information content (AvgIpc) is 3.84. The molecule has 2 fully saturated rings. The van der Waals surface area contributed by atoms with Crippen LogP contribution in [0.25, 0.3) is 10.8 Å². The molecule has 1 amide bonds. The highest BCUT2D eigenvalue weighted by molar-refractivity contribution is 5.95. The van der Waals surface area contributed by atoms with E-state index < -0.39 is 17.8 Å². The van der Waals surface area contributed by atoms with E-state index in [1.165, 1.54) is 11.0 Å². The van der Waals surface area contributed by atoms with Crippen LogP contribution in [0.5, 0.6) is 6.01 Å². The van der Waals surface area contributed by atoms with Gasteiger partial charge >= 0.3 is 6.01 Å². The number of hydrogen-bond donors (Lipinski definition) is 0. The van der Waals surface area contributed by atoms with Crippen LogP contribution in [0.1, 0.15) is 36.9 Å². The summed E-state index contributed by atoms with van der Waals surface area (Å²) in [5.74, 6) is -1.42. The molecule has 0 bridgehead atoms. The second kappa shape index (κ2) is 12.5. The number of halogens is 2. The first-order valence-corrected chi connectivity index (χ1v) is 14.8. The number of anilines is 2. The van der Waals surface area contributed by atoms with Crippen molar-refractivity contribution in [2.24, 2.45) is 0 Å². The Kier molecular flexibility index (Phi) is 8.38. The molecule has 43 heavy (non-hydrogen) atoms. The summed E-state index contributed by atoms with van der Waals surface area (Å²) in [6.45, 7) is 6.14. The third-order valence-electron chi connectivity index (χ3n) is 8.20. The lowest BCUT2D eigenvalue weighted by Crippen LogP contribution is -2.55. The maximum atomic E-state index is 15.0. The Morgan fingerprint density at radius 2 is 1.91 bits per heavy atom. The van der Waals surface area contributed by atoms with Crippen LogP contribution in [0.4, 0.5) is 20.3 Å². The van der Waals surface area contributed by atoms with E-state index in [9.17, 15) is 18.8 Å². The van der Waals surface area contributed by atoms with Gasteiger partial charge in [0.15, 0.2) is 5.83 Å². The summed E-state index contributed by atoms with van der Waals surface area (Å²) in [6, 6.07) is 12.7. The Morgan fingerprint density at radius 3 is 2.67 bits per heavy atom. The predicted octanol–water partition coefficient (Wildman–Crippen LogP) is 4.69. The molecule has 0 unspecified atom stereocenters. The number of aromatic nitrogens is 2. The SMILES string of the molecule is C=C(F)C(=O)N1CCN(c2nc(OCCCOC3CC3)nc3c2CCN(c2cccc4cccc(F)c24)C3)C[C@@H]1CC#N. The van der Waals surface area contributed by atoms with Crippen molar-refractivity contribution in [1.82, 2.24) is 14.9 Å². The molecule has 1 atom stereocenters. The zero-order valence-electron chi connectivity index (χ0n) is 24.0. The van der Waals surface area contributed by atoms with Crippen molar-refractivity contribution in [2.75, 3.05) is 49.2 Å². The molecule has 11 heteroatoms. The van der Waals surface area contributed by atoms with Crippen LogP contribution >= 0.6 is 0 Å². The Balaban J connectivity index is 1.29. The number of hydrogen-bond acceptors (Lipinski definition) is 8. The fourth-order valence-electron chi connectivity index (χ4n) is 5.92. The Morgan fingerprint density at radius 1 is 1.09 bits per heavy atom. The first kappa shape index (κ1) is 28.8. The van der Waals surface area contributed by atoms with Crippen LogP contribution in [-0.4, -0.2) is 72.3 Å². The van der Waals surface area contributed by atoms with E-state index in [1.807, 2.05) is 29.2 Å². The zero-order valence-corrected chi connectivity index (χ0v) is 24.0. The van der Waals surface area contributed by atoms with Crippen molar-refractivity contribution < 1.29 is 23.0 Å². The van der Waals surface area contributed by atoms with Gasteiger partial charge in [0.2, 0.25) is 0 Å². The summed E-state index contributed by atoms with van der Waals surface area (Å²) >= 11 is 0. The molecule has 9 nitrogen and oxygen atoms in total. The fraction of sp³-hybridized carbons (Fsp3) is 0.438. The number of ether oxygens (including phenoxy) is 2. The second-order valence-corrected chi connectivity index (χ2v) is 11.2. The summed E-state index contributed by atoms with van der Waals surface area (Å²) in [6.07, 6.45) is 3.95. The van der Waals surface area contributed by atoms with Gasteiger partial charge < -0.3 is 24.2 Å². The topological polar surface area (TPSA) is 94.8 Å². The van der Waals surface area contributed by atoms with E-state index in [4.69, 9.17) is 19.4 Å². The Bertz CT molecular complexity index is 1570. The quantitative estimate of drug-likeness (QED) is 0.249. The number of rotatable bonds is 10. The lowest BCUT2D eigenvalue weighted by atomic mass is 10.0. The fourth-order valence-corrected chi connectivity index (χ4v) is 5.92. The Labute approximate surface area is 249 Å². The molecular formula is C32H34F2N6O3. The maximum absolute atomic E-state index is 15.0. The second-order valence-electron chi connectivity index (χ2n) is 11.2. The first-order valence-electron chi connectivity index (χ1n) is 14.8. The normalized spacial score (nSPS) is 18.3. The van der Waals surface area contributed by atoms with E-state index in [0.717, 1.165) is 35.2 Å². The minimum Gasteiger partial charge on any atom is -0.463 e. The van der Waals surface area contributed by atoms with Crippen molar-refractivity contribution in [1.29, 1.82) is 5.26 Å². The molecule has 3 heterocycles. The first-order chi connectivity index (χ1) is 20.9. The van der Waals surface area contributed by atoms with Gasteiger partial charge in [0, 0.05) is 49.2 Å². The van der Waals surface area contributed by atoms with Crippen molar-refractivity contribution in [2.45, 2.75) is 50.8 Å². The summed E-state index contributed by atoms with van der Waals surface area (Å²) in [5.41, 5.74) is 2.53. The van der Waals surface area contributed by atoms with Gasteiger partial charge in [-0.1, -0.05) is 30.8 Å². The highest BCUT2D eigenvalue weighted by Crippen LogP contribution is 2.36. The average molecular weight is 589 g/mol. The highest BCUT2D eigenvalue weighted by Gasteiger charge is 2.35. The van der Waals surface area contributed by atoms with Crippen LogP contribution in [0.2, 0.25) is 0 Å². The number of benzene rings is 2. The van der Waals surface area contributed by atoms with Gasteiger partial charge in [-0.15, -0.1) is 0 Å². The molecule has 0 spiro atoms. The number of nitriles is 1. The van der Waals surface area contributed by atoms with Crippen molar-refractivity contribution in [3.05, 3.63) is 65.9 Å². The summed E-state index contributed by atoms with van der Waals surface area (Å²) in [7, 11) is 0. The van der Waals surface area contributed by atoms with Crippen molar-refractivity contribution >= 4 is 28.2 Å². The molecule has 0 radical (unpaired) electrons. The minimum absolute atomic E-state index is 0.0492. The third-order valence-corrected chi connectivity index (χ3v) is 8.20. The summed E-state index contributed by atoms with van der Waals surface area (Å²) < 4.78 is 40.5. The lowest BCUT2D eigenvalue weighted by Gasteiger charge is -2.42. The number of piperazine rings is 1. The highest BCUT2D eigenvalue weighted by atomic mass is 19.1. The van der Waals surface area contributed by atoms with Crippen LogP contribution < -0.4 is 14.5 Å². The third kappa shape index (κ3) is 6.25. The molecular weight excluding hydrogens is 554 g/mol. The number of carbonyl (C=O) groups is 1. The van der Waals surface area contributed by atoms with Gasteiger partial charge in [-0.2, -0.15) is 15.2 Å². The summed E-state index contributed by atoms with van der Waals surface area (Å²) in [4.78, 5) is 27.6. The molecule has 1 aliphatic carbocycles. The molecule has 0 N–H and O–H groups in total. The van der Waals surface area contributed by atoms with E-state index in [-0.39, 0.29) is 24.8 Å². The van der Waals surface area contributed by atoms with Crippen molar-refractivity contribution in [3.63, 3.8) is 0 Å². The number of nitrogens with zero attached hydrogens (tertiary/aromatic N) is 6. The summed E-state index contributed by atoms with van der Waals surface area (Å²) in [5, 5.41) is 10.9. The van der Waals surface area contributed by atoms with E-state index >= 15 is 0 Å². The molecule has 2 aliphatic heterocycles. The lowest BCUT2D eigenvalue weighted by molar-refractivity contribution is -0.131.